The number of carbonyl (C=O) groups excluding carboxylic acids is 1. The normalized spacial score (nSPS) is 14.6. The van der Waals surface area contributed by atoms with E-state index in [-0.39, 0.29) is 18.4 Å². The Hall–Kier alpha value is -1.32. The topological polar surface area (TPSA) is 38.3 Å². The molecule has 0 bridgehead atoms. The van der Waals surface area contributed by atoms with Crippen LogP contribution in [0.5, 0.6) is 0 Å². The Morgan fingerprint density at radius 3 is 2.72 bits per heavy atom. The molecule has 1 N–H and O–H groups in total. The van der Waals surface area contributed by atoms with E-state index in [1.54, 1.807) is 6.07 Å². The fraction of sp³-hybridized carbons (Fsp3) is 0.357. The van der Waals surface area contributed by atoms with Crippen molar-refractivity contribution >= 4 is 24.5 Å². The maximum absolute atomic E-state index is 11.4. The summed E-state index contributed by atoms with van der Waals surface area (Å²) < 4.78 is 4.71. The summed E-state index contributed by atoms with van der Waals surface area (Å²) >= 11 is 0. The highest BCUT2D eigenvalue weighted by molar-refractivity contribution is 5.90. The van der Waals surface area contributed by atoms with Crippen LogP contribution in [0.2, 0.25) is 0 Å². The fourth-order valence-electron chi connectivity index (χ4n) is 2.00. The molecule has 0 radical (unpaired) electrons. The van der Waals surface area contributed by atoms with Crippen molar-refractivity contribution in [1.82, 2.24) is 5.32 Å². The Morgan fingerprint density at radius 1 is 1.33 bits per heavy atom. The molecule has 0 aliphatic carbocycles. The van der Waals surface area contributed by atoms with Gasteiger partial charge in [-0.25, -0.2) is 4.79 Å². The van der Waals surface area contributed by atoms with Gasteiger partial charge in [0.2, 0.25) is 0 Å². The predicted octanol–water partition coefficient (Wildman–Crippen LogP) is 2.66. The average molecular weight is 268 g/mol. The molecule has 0 saturated carbocycles. The molecule has 4 heteroatoms. The number of piperidine rings is 1. The number of carbonyl (C=O) groups is 1. The second-order valence-corrected chi connectivity index (χ2v) is 4.17. The summed E-state index contributed by atoms with van der Waals surface area (Å²) in [6.45, 7) is 2.09. The third-order valence-electron chi connectivity index (χ3n) is 2.92. The number of methoxy groups -OCH3 is 1. The Bertz CT molecular complexity index is 435. The minimum absolute atomic E-state index is 0. The molecule has 0 aromatic heterocycles. The van der Waals surface area contributed by atoms with Crippen molar-refractivity contribution in [2.75, 3.05) is 20.2 Å². The second-order valence-electron chi connectivity index (χ2n) is 4.17. The highest BCUT2D eigenvalue weighted by Gasteiger charge is 2.07. The van der Waals surface area contributed by atoms with Gasteiger partial charge < -0.3 is 10.1 Å². The molecule has 0 amide bonds. The molecule has 0 unspecified atom stereocenters. The zero-order valence-corrected chi connectivity index (χ0v) is 11.3. The number of hydrogen-bond acceptors (Lipinski definition) is 3. The lowest BCUT2D eigenvalue weighted by molar-refractivity contribution is 0.0600. The van der Waals surface area contributed by atoms with Gasteiger partial charge in [0.25, 0.3) is 0 Å². The van der Waals surface area contributed by atoms with Gasteiger partial charge in [-0.3, -0.25) is 0 Å². The quantitative estimate of drug-likeness (QED) is 0.838. The maximum atomic E-state index is 11.4. The van der Waals surface area contributed by atoms with E-state index < -0.39 is 0 Å². The van der Waals surface area contributed by atoms with Crippen LogP contribution in [0.4, 0.5) is 0 Å². The highest BCUT2D eigenvalue weighted by atomic mass is 35.5. The molecule has 1 fully saturated rings. The maximum Gasteiger partial charge on any atom is 0.337 e. The van der Waals surface area contributed by atoms with Gasteiger partial charge in [-0.15, -0.1) is 12.4 Å². The number of benzene rings is 1. The van der Waals surface area contributed by atoms with Crippen LogP contribution in [0.3, 0.4) is 0 Å². The number of esters is 1. The summed E-state index contributed by atoms with van der Waals surface area (Å²) in [5, 5.41) is 3.32. The van der Waals surface area contributed by atoms with Crippen LogP contribution in [-0.4, -0.2) is 26.2 Å². The molecular formula is C14H18ClNO2. The van der Waals surface area contributed by atoms with Crippen molar-refractivity contribution < 1.29 is 9.53 Å². The van der Waals surface area contributed by atoms with E-state index in [2.05, 4.69) is 11.4 Å². The van der Waals surface area contributed by atoms with E-state index in [1.165, 1.54) is 12.7 Å². The standard InChI is InChI=1S/C14H17NO2.ClH/c1-17-14(16)13-4-2-3-12(10-13)9-11-5-7-15-8-6-11;/h2-4,9-10,15H,5-8H2,1H3;1H. The summed E-state index contributed by atoms with van der Waals surface area (Å²) in [6.07, 6.45) is 4.35. The third kappa shape index (κ3) is 3.86. The van der Waals surface area contributed by atoms with Crippen molar-refractivity contribution in [3.63, 3.8) is 0 Å². The molecule has 1 aliphatic heterocycles. The van der Waals surface area contributed by atoms with Crippen LogP contribution in [-0.2, 0) is 4.74 Å². The Balaban J connectivity index is 0.00000162. The van der Waals surface area contributed by atoms with Crippen LogP contribution in [0.15, 0.2) is 29.8 Å². The number of hydrogen-bond donors (Lipinski definition) is 1. The smallest absolute Gasteiger partial charge is 0.337 e. The molecule has 1 saturated heterocycles. The van der Waals surface area contributed by atoms with Gasteiger partial charge in [0.15, 0.2) is 0 Å². The fourth-order valence-corrected chi connectivity index (χ4v) is 2.00. The molecule has 0 atom stereocenters. The zero-order chi connectivity index (χ0) is 12.1. The summed E-state index contributed by atoms with van der Waals surface area (Å²) in [6, 6.07) is 7.55. The molecule has 1 aliphatic rings. The molecule has 1 aromatic rings. The molecule has 18 heavy (non-hydrogen) atoms. The lowest BCUT2D eigenvalue weighted by Gasteiger charge is -2.15. The van der Waals surface area contributed by atoms with E-state index in [1.807, 2.05) is 18.2 Å². The minimum atomic E-state index is -0.282. The SMILES string of the molecule is COC(=O)c1cccc(C=C2CCNCC2)c1.Cl. The highest BCUT2D eigenvalue weighted by Crippen LogP contribution is 2.16. The first kappa shape index (κ1) is 14.7. The first-order valence-electron chi connectivity index (χ1n) is 5.88. The summed E-state index contributed by atoms with van der Waals surface area (Å²) in [5.41, 5.74) is 3.12. The number of nitrogens with one attached hydrogen (secondary N) is 1. The minimum Gasteiger partial charge on any atom is -0.465 e. The van der Waals surface area contributed by atoms with Gasteiger partial charge in [0.1, 0.15) is 0 Å². The van der Waals surface area contributed by atoms with Crippen molar-refractivity contribution in [2.24, 2.45) is 0 Å². The monoisotopic (exact) mass is 267 g/mol. The van der Waals surface area contributed by atoms with E-state index in [9.17, 15) is 4.79 Å². The molecule has 3 nitrogen and oxygen atoms in total. The Morgan fingerprint density at radius 2 is 2.06 bits per heavy atom. The number of ether oxygens (including phenoxy) is 1. The van der Waals surface area contributed by atoms with E-state index in [0.717, 1.165) is 31.5 Å². The zero-order valence-electron chi connectivity index (χ0n) is 10.4. The second kappa shape index (κ2) is 7.19. The summed E-state index contributed by atoms with van der Waals surface area (Å²) in [5.74, 6) is -0.282. The van der Waals surface area contributed by atoms with E-state index in [0.29, 0.717) is 5.56 Å². The first-order valence-corrected chi connectivity index (χ1v) is 5.88. The summed E-state index contributed by atoms with van der Waals surface area (Å²) in [7, 11) is 1.40. The Labute approximate surface area is 114 Å². The number of rotatable bonds is 2. The van der Waals surface area contributed by atoms with Gasteiger partial charge in [0, 0.05) is 0 Å². The molecule has 1 heterocycles. The van der Waals surface area contributed by atoms with Gasteiger partial charge in [-0.2, -0.15) is 0 Å². The molecule has 1 aromatic carbocycles. The van der Waals surface area contributed by atoms with E-state index >= 15 is 0 Å². The van der Waals surface area contributed by atoms with Gasteiger partial charge in [0.05, 0.1) is 12.7 Å². The third-order valence-corrected chi connectivity index (χ3v) is 2.92. The van der Waals surface area contributed by atoms with Crippen LogP contribution in [0.1, 0.15) is 28.8 Å². The largest absolute Gasteiger partial charge is 0.465 e. The van der Waals surface area contributed by atoms with E-state index in [4.69, 9.17) is 4.74 Å². The first-order chi connectivity index (χ1) is 8.29. The lowest BCUT2D eigenvalue weighted by atomic mass is 10.0. The average Bonchev–Trinajstić information content (AvgIpc) is 2.39. The van der Waals surface area contributed by atoms with Crippen molar-refractivity contribution in [1.29, 1.82) is 0 Å². The van der Waals surface area contributed by atoms with Gasteiger partial charge in [-0.1, -0.05) is 23.8 Å². The van der Waals surface area contributed by atoms with Crippen LogP contribution in [0, 0.1) is 0 Å². The van der Waals surface area contributed by atoms with Crippen molar-refractivity contribution in [3.8, 4) is 0 Å². The molecular weight excluding hydrogens is 250 g/mol. The van der Waals surface area contributed by atoms with Crippen molar-refractivity contribution in [2.45, 2.75) is 12.8 Å². The Kier molecular flexibility index (Phi) is 5.89. The van der Waals surface area contributed by atoms with Crippen LogP contribution in [0.25, 0.3) is 6.08 Å². The summed E-state index contributed by atoms with van der Waals surface area (Å²) in [4.78, 5) is 11.4. The molecule has 0 spiro atoms. The lowest BCUT2D eigenvalue weighted by Crippen LogP contribution is -2.22. The van der Waals surface area contributed by atoms with Crippen LogP contribution >= 0.6 is 12.4 Å². The molecule has 2 rings (SSSR count). The number of halogens is 1. The molecule has 98 valence electrons. The van der Waals surface area contributed by atoms with Gasteiger partial charge in [-0.05, 0) is 43.6 Å². The van der Waals surface area contributed by atoms with Crippen molar-refractivity contribution in [3.05, 3.63) is 41.0 Å². The van der Waals surface area contributed by atoms with Crippen LogP contribution < -0.4 is 5.32 Å². The predicted molar refractivity (Wildman–Crippen MR) is 75.1 cm³/mol. The van der Waals surface area contributed by atoms with Gasteiger partial charge >= 0.3 is 5.97 Å².